The Kier molecular flexibility index (Phi) is 10.5. The molecule has 0 radical (unpaired) electrons. The maximum absolute atomic E-state index is 14.0. The van der Waals surface area contributed by atoms with Crippen LogP contribution < -0.4 is 9.62 Å². The molecule has 0 aliphatic heterocycles. The van der Waals surface area contributed by atoms with Crippen LogP contribution in [0.2, 0.25) is 5.02 Å². The first-order valence-corrected chi connectivity index (χ1v) is 15.1. The minimum Gasteiger partial charge on any atom is -0.352 e. The molecular weight excluding hydrogens is 534 g/mol. The number of amides is 2. The van der Waals surface area contributed by atoms with Crippen LogP contribution in [0.1, 0.15) is 37.0 Å². The third-order valence-electron chi connectivity index (χ3n) is 6.59. The van der Waals surface area contributed by atoms with Crippen LogP contribution in [0, 0.1) is 6.92 Å². The van der Waals surface area contributed by atoms with E-state index >= 15 is 0 Å². The first-order valence-electron chi connectivity index (χ1n) is 12.9. The normalized spacial score (nSPS) is 12.8. The van der Waals surface area contributed by atoms with Crippen molar-refractivity contribution in [3.63, 3.8) is 0 Å². The average molecular weight is 570 g/mol. The van der Waals surface area contributed by atoms with E-state index < -0.39 is 28.5 Å². The van der Waals surface area contributed by atoms with Gasteiger partial charge < -0.3 is 10.2 Å². The van der Waals surface area contributed by atoms with Gasteiger partial charge in [-0.25, -0.2) is 8.42 Å². The van der Waals surface area contributed by atoms with E-state index in [0.717, 1.165) is 33.7 Å². The molecule has 0 spiro atoms. The number of nitrogens with one attached hydrogen (secondary N) is 1. The molecule has 0 aliphatic rings. The Bertz CT molecular complexity index is 1370. The summed E-state index contributed by atoms with van der Waals surface area (Å²) >= 11 is 6.29. The largest absolute Gasteiger partial charge is 0.352 e. The number of sulfonamides is 1. The van der Waals surface area contributed by atoms with Gasteiger partial charge >= 0.3 is 0 Å². The third kappa shape index (κ3) is 8.57. The van der Waals surface area contributed by atoms with E-state index in [-0.39, 0.29) is 30.6 Å². The van der Waals surface area contributed by atoms with Crippen LogP contribution >= 0.6 is 11.6 Å². The summed E-state index contributed by atoms with van der Waals surface area (Å²) in [5.74, 6) is -0.789. The lowest BCUT2D eigenvalue weighted by molar-refractivity contribution is -0.140. The zero-order valence-electron chi connectivity index (χ0n) is 22.8. The molecule has 0 aromatic heterocycles. The Morgan fingerprint density at radius 1 is 0.949 bits per heavy atom. The lowest BCUT2D eigenvalue weighted by atomic mass is 10.0. The van der Waals surface area contributed by atoms with Crippen LogP contribution in [0.4, 0.5) is 5.69 Å². The second-order valence-corrected chi connectivity index (χ2v) is 12.0. The number of hydrogen-bond donors (Lipinski definition) is 1. The van der Waals surface area contributed by atoms with Crippen molar-refractivity contribution in [1.82, 2.24) is 10.2 Å². The van der Waals surface area contributed by atoms with Crippen molar-refractivity contribution < 1.29 is 18.0 Å². The Morgan fingerprint density at radius 3 is 2.08 bits per heavy atom. The lowest BCUT2D eigenvalue weighted by Gasteiger charge is -2.34. The van der Waals surface area contributed by atoms with Crippen molar-refractivity contribution in [3.05, 3.63) is 101 Å². The van der Waals surface area contributed by atoms with Gasteiger partial charge in [0.2, 0.25) is 21.8 Å². The maximum Gasteiger partial charge on any atom is 0.244 e. The van der Waals surface area contributed by atoms with Gasteiger partial charge in [-0.05, 0) is 49.1 Å². The molecule has 0 aliphatic carbocycles. The van der Waals surface area contributed by atoms with Crippen molar-refractivity contribution in [2.45, 2.75) is 52.2 Å². The van der Waals surface area contributed by atoms with Gasteiger partial charge in [0.15, 0.2) is 0 Å². The van der Waals surface area contributed by atoms with Gasteiger partial charge in [-0.1, -0.05) is 85.3 Å². The summed E-state index contributed by atoms with van der Waals surface area (Å²) in [6.45, 7) is 5.35. The number of halogens is 1. The van der Waals surface area contributed by atoms with E-state index in [1.807, 2.05) is 81.4 Å². The van der Waals surface area contributed by atoms with Crippen molar-refractivity contribution in [3.8, 4) is 0 Å². The van der Waals surface area contributed by atoms with E-state index in [2.05, 4.69) is 5.32 Å². The van der Waals surface area contributed by atoms with Crippen LogP contribution in [0.15, 0.2) is 78.9 Å². The molecule has 9 heteroatoms. The summed E-state index contributed by atoms with van der Waals surface area (Å²) in [5, 5.41) is 3.41. The molecule has 0 bridgehead atoms. The van der Waals surface area contributed by atoms with Gasteiger partial charge in [0.25, 0.3) is 0 Å². The summed E-state index contributed by atoms with van der Waals surface area (Å²) in [6, 6.07) is 22.7. The number of rotatable bonds is 12. The molecule has 3 rings (SSSR count). The molecule has 39 heavy (non-hydrogen) atoms. The van der Waals surface area contributed by atoms with E-state index in [4.69, 9.17) is 11.6 Å². The fraction of sp³-hybridized carbons (Fsp3) is 0.333. The number of hydrogen-bond acceptors (Lipinski definition) is 4. The van der Waals surface area contributed by atoms with E-state index in [1.54, 1.807) is 12.1 Å². The highest BCUT2D eigenvalue weighted by Crippen LogP contribution is 2.25. The predicted octanol–water partition coefficient (Wildman–Crippen LogP) is 4.97. The smallest absolute Gasteiger partial charge is 0.244 e. The van der Waals surface area contributed by atoms with Gasteiger partial charge in [-0.2, -0.15) is 0 Å². The van der Waals surface area contributed by atoms with Crippen LogP contribution in [0.3, 0.4) is 0 Å². The highest BCUT2D eigenvalue weighted by molar-refractivity contribution is 7.92. The molecule has 3 aromatic carbocycles. The first kappa shape index (κ1) is 30.2. The fourth-order valence-corrected chi connectivity index (χ4v) is 5.14. The van der Waals surface area contributed by atoms with Crippen LogP contribution in [-0.4, -0.2) is 50.0 Å². The predicted molar refractivity (Wildman–Crippen MR) is 157 cm³/mol. The van der Waals surface area contributed by atoms with Gasteiger partial charge in [0.1, 0.15) is 12.6 Å². The maximum atomic E-state index is 14.0. The standard InChI is InChI=1S/C30H36ClN3O4S/c1-5-23(3)32-30(36)28(18-24-12-8-6-9-13-24)33(20-25-14-10-7-11-15-25)29(35)21-34(39(4,37)38)26-17-16-22(2)27(31)19-26/h6-17,19,23,28H,5,18,20-21H2,1-4H3,(H,32,36). The topological polar surface area (TPSA) is 86.8 Å². The van der Waals surface area contributed by atoms with Crippen LogP contribution in [0.5, 0.6) is 0 Å². The summed E-state index contributed by atoms with van der Waals surface area (Å²) in [4.78, 5) is 29.1. The fourth-order valence-electron chi connectivity index (χ4n) is 4.13. The summed E-state index contributed by atoms with van der Waals surface area (Å²) in [7, 11) is -3.85. The van der Waals surface area contributed by atoms with Gasteiger partial charge in [0, 0.05) is 24.0 Å². The third-order valence-corrected chi connectivity index (χ3v) is 8.14. The van der Waals surface area contributed by atoms with E-state index in [1.165, 1.54) is 11.0 Å². The number of benzene rings is 3. The molecule has 2 unspecified atom stereocenters. The highest BCUT2D eigenvalue weighted by Gasteiger charge is 2.33. The second kappa shape index (κ2) is 13.6. The molecule has 1 N–H and O–H groups in total. The monoisotopic (exact) mass is 569 g/mol. The van der Waals surface area contributed by atoms with Crippen LogP contribution in [-0.2, 0) is 32.6 Å². The minimum absolute atomic E-state index is 0.0910. The number of aryl methyl sites for hydroxylation is 1. The highest BCUT2D eigenvalue weighted by atomic mass is 35.5. The molecule has 7 nitrogen and oxygen atoms in total. The van der Waals surface area contributed by atoms with Crippen molar-refractivity contribution >= 4 is 39.1 Å². The molecule has 2 atom stereocenters. The number of carbonyl (C=O) groups is 2. The quantitative estimate of drug-likeness (QED) is 0.334. The second-order valence-electron chi connectivity index (χ2n) is 9.73. The zero-order valence-corrected chi connectivity index (χ0v) is 24.4. The van der Waals surface area contributed by atoms with Gasteiger partial charge in [-0.3, -0.25) is 13.9 Å². The molecule has 0 saturated carbocycles. The van der Waals surface area contributed by atoms with Gasteiger partial charge in [-0.15, -0.1) is 0 Å². The molecular formula is C30H36ClN3O4S. The Labute approximate surface area is 236 Å². The van der Waals surface area contributed by atoms with Crippen molar-refractivity contribution in [1.29, 1.82) is 0 Å². The molecule has 0 fully saturated rings. The lowest BCUT2D eigenvalue weighted by Crippen LogP contribution is -2.54. The summed E-state index contributed by atoms with van der Waals surface area (Å²) in [6.07, 6.45) is 2.05. The van der Waals surface area contributed by atoms with E-state index in [0.29, 0.717) is 5.02 Å². The Morgan fingerprint density at radius 2 is 1.54 bits per heavy atom. The van der Waals surface area contributed by atoms with Crippen molar-refractivity contribution in [2.75, 3.05) is 17.1 Å². The Hall–Kier alpha value is -3.36. The van der Waals surface area contributed by atoms with E-state index in [9.17, 15) is 18.0 Å². The molecule has 0 heterocycles. The number of nitrogens with zero attached hydrogens (tertiary/aromatic N) is 2. The Balaban J connectivity index is 2.05. The number of carbonyl (C=O) groups excluding carboxylic acids is 2. The molecule has 3 aromatic rings. The van der Waals surface area contributed by atoms with Crippen molar-refractivity contribution in [2.24, 2.45) is 0 Å². The first-order chi connectivity index (χ1) is 18.5. The minimum atomic E-state index is -3.85. The molecule has 0 saturated heterocycles. The van der Waals surface area contributed by atoms with Gasteiger partial charge in [0.05, 0.1) is 11.9 Å². The molecule has 2 amide bonds. The zero-order chi connectivity index (χ0) is 28.6. The number of anilines is 1. The SMILES string of the molecule is CCC(C)NC(=O)C(Cc1ccccc1)N(Cc1ccccc1)C(=O)CN(c1ccc(C)c(Cl)c1)S(C)(=O)=O. The summed E-state index contributed by atoms with van der Waals surface area (Å²) < 4.78 is 26.7. The summed E-state index contributed by atoms with van der Waals surface area (Å²) in [5.41, 5.74) is 2.78. The average Bonchev–Trinajstić information content (AvgIpc) is 2.91. The molecule has 208 valence electrons. The van der Waals surface area contributed by atoms with Crippen LogP contribution in [0.25, 0.3) is 0 Å².